The predicted octanol–water partition coefficient (Wildman–Crippen LogP) is 17.0. The molecule has 21 nitrogen and oxygen atoms in total. The Labute approximate surface area is 570 Å². The van der Waals surface area contributed by atoms with E-state index in [-0.39, 0.29) is 75.8 Å². The number of hydrogen-bond donors (Lipinski definition) is 6. The van der Waals surface area contributed by atoms with Crippen LogP contribution >= 0.6 is 15.6 Å². The summed E-state index contributed by atoms with van der Waals surface area (Å²) < 4.78 is 64.5. The fourth-order valence-electron chi connectivity index (χ4n) is 10.8. The van der Waals surface area contributed by atoms with Crippen LogP contribution in [0.4, 0.5) is 4.79 Å². The Morgan fingerprint density at radius 1 is 0.351 bits per heavy atom. The van der Waals surface area contributed by atoms with E-state index < -0.39 is 72.0 Å². The first-order valence-electron chi connectivity index (χ1n) is 37.7. The van der Waals surface area contributed by atoms with Crippen LogP contribution in [0.3, 0.4) is 0 Å². The molecular formula is C71H138N4O17P2. The van der Waals surface area contributed by atoms with Gasteiger partial charge in [-0.3, -0.25) is 42.1 Å². The molecule has 0 aromatic rings. The lowest BCUT2D eigenvalue weighted by Crippen LogP contribution is -2.42. The molecule has 0 bridgehead atoms. The van der Waals surface area contributed by atoms with Gasteiger partial charge in [0.2, 0.25) is 11.8 Å². The van der Waals surface area contributed by atoms with E-state index in [9.17, 15) is 47.7 Å². The third-order valence-electron chi connectivity index (χ3n) is 16.5. The number of hydrogen-bond acceptors (Lipinski definition) is 15. The van der Waals surface area contributed by atoms with Crippen LogP contribution in [0.2, 0.25) is 0 Å². The molecule has 0 rings (SSSR count). The number of ketones is 2. The molecule has 554 valence electrons. The van der Waals surface area contributed by atoms with E-state index >= 15 is 0 Å². The van der Waals surface area contributed by atoms with Crippen LogP contribution in [-0.2, 0) is 65.4 Å². The molecule has 0 saturated heterocycles. The van der Waals surface area contributed by atoms with Crippen LogP contribution in [0.15, 0.2) is 0 Å². The zero-order chi connectivity index (χ0) is 69.3. The summed E-state index contributed by atoms with van der Waals surface area (Å²) >= 11 is 0. The number of carbonyl (C=O) groups is 6. The van der Waals surface area contributed by atoms with Crippen LogP contribution in [0, 0.1) is 0 Å². The van der Waals surface area contributed by atoms with Crippen molar-refractivity contribution in [3.05, 3.63) is 0 Å². The fourth-order valence-corrected chi connectivity index (χ4v) is 12.4. The van der Waals surface area contributed by atoms with Crippen LogP contribution in [0.1, 0.15) is 336 Å². The summed E-state index contributed by atoms with van der Waals surface area (Å²) in [5.41, 5.74) is 0. The van der Waals surface area contributed by atoms with Gasteiger partial charge in [-0.05, 0) is 38.5 Å². The first-order chi connectivity index (χ1) is 45.5. The van der Waals surface area contributed by atoms with E-state index in [1.807, 2.05) is 0 Å². The number of esters is 1. The molecule has 23 heteroatoms. The number of Topliss-reactive ketones (excluding diaryl/α,β-unsaturated/α-hetero) is 2. The van der Waals surface area contributed by atoms with Crippen LogP contribution < -0.4 is 21.3 Å². The summed E-state index contributed by atoms with van der Waals surface area (Å²) in [6.07, 6.45) is 45.2. The van der Waals surface area contributed by atoms with E-state index in [1.54, 1.807) is 0 Å². The van der Waals surface area contributed by atoms with Crippen LogP contribution in [0.25, 0.3) is 0 Å². The monoisotopic (exact) mass is 1380 g/mol. The van der Waals surface area contributed by atoms with E-state index in [1.165, 1.54) is 128 Å². The minimum atomic E-state index is -4.77. The molecule has 5 atom stereocenters. The van der Waals surface area contributed by atoms with E-state index in [0.717, 1.165) is 116 Å². The number of carbonyl (C=O) groups excluding carboxylic acids is 6. The Bertz CT molecular complexity index is 1940. The van der Waals surface area contributed by atoms with E-state index in [4.69, 9.17) is 32.3 Å². The molecule has 94 heavy (non-hydrogen) atoms. The molecule has 0 spiro atoms. The number of ether oxygens (including phenoxy) is 3. The second-order valence-corrected chi connectivity index (χ2v) is 28.7. The third kappa shape index (κ3) is 63.9. The van der Waals surface area contributed by atoms with Gasteiger partial charge in [-0.25, -0.2) is 13.9 Å². The topological polar surface area (TPSA) is 290 Å². The highest BCUT2D eigenvalue weighted by atomic mass is 31.2. The molecule has 2 unspecified atom stereocenters. The van der Waals surface area contributed by atoms with Crippen molar-refractivity contribution < 1.29 is 80.0 Å². The molecule has 0 aliphatic carbocycles. The second-order valence-electron chi connectivity index (χ2n) is 25.8. The van der Waals surface area contributed by atoms with Gasteiger partial charge in [-0.1, -0.05) is 259 Å². The van der Waals surface area contributed by atoms with Gasteiger partial charge in [0.15, 0.2) is 0 Å². The first kappa shape index (κ1) is 91.2. The summed E-state index contributed by atoms with van der Waals surface area (Å²) in [6, 6.07) is -2.56. The zero-order valence-electron chi connectivity index (χ0n) is 59.9. The van der Waals surface area contributed by atoms with Crippen molar-refractivity contribution in [1.29, 1.82) is 0 Å². The van der Waals surface area contributed by atoms with Crippen LogP contribution in [0.5, 0.6) is 0 Å². The average molecular weight is 1380 g/mol. The Balaban J connectivity index is 5.35. The molecule has 4 amide bonds. The number of rotatable bonds is 73. The lowest BCUT2D eigenvalue weighted by Gasteiger charge is -2.22. The quantitative estimate of drug-likeness (QED) is 0.0143. The maximum atomic E-state index is 13.2. The summed E-state index contributed by atoms with van der Waals surface area (Å²) in [7, 11) is -9.46. The van der Waals surface area contributed by atoms with Crippen molar-refractivity contribution in [2.75, 3.05) is 65.9 Å². The highest BCUT2D eigenvalue weighted by Gasteiger charge is 2.27. The highest BCUT2D eigenvalue weighted by molar-refractivity contribution is 7.47. The van der Waals surface area contributed by atoms with Gasteiger partial charge in [-0.2, -0.15) is 0 Å². The number of urea groups is 1. The molecule has 6 N–H and O–H groups in total. The Kier molecular flexibility index (Phi) is 64.1. The predicted molar refractivity (Wildman–Crippen MR) is 376 cm³/mol. The smallest absolute Gasteiger partial charge is 0.462 e. The maximum absolute atomic E-state index is 13.2. The van der Waals surface area contributed by atoms with Gasteiger partial charge in [0, 0.05) is 45.4 Å². The molecule has 0 aromatic heterocycles. The van der Waals surface area contributed by atoms with Crippen molar-refractivity contribution in [2.45, 2.75) is 355 Å². The Morgan fingerprint density at radius 3 is 1.04 bits per heavy atom. The summed E-state index contributed by atoms with van der Waals surface area (Å²) in [5.74, 6) is -1.74. The largest absolute Gasteiger partial charge is 0.472 e. The second kappa shape index (κ2) is 66.1. The first-order valence-corrected chi connectivity index (χ1v) is 40.7. The van der Waals surface area contributed by atoms with Crippen molar-refractivity contribution in [2.24, 2.45) is 0 Å². The van der Waals surface area contributed by atoms with E-state index in [2.05, 4.69) is 55.9 Å². The van der Waals surface area contributed by atoms with Crippen molar-refractivity contribution in [3.63, 3.8) is 0 Å². The summed E-state index contributed by atoms with van der Waals surface area (Å²) in [6.45, 7) is 8.99. The molecule has 0 fully saturated rings. The average Bonchev–Trinajstić information content (AvgIpc) is 2.55. The third-order valence-corrected chi connectivity index (χ3v) is 18.5. The summed E-state index contributed by atoms with van der Waals surface area (Å²) in [4.78, 5) is 98.4. The Hall–Kier alpha value is -2.84. The van der Waals surface area contributed by atoms with Gasteiger partial charge in [0.1, 0.15) is 17.7 Å². The minimum Gasteiger partial charge on any atom is -0.462 e. The molecule has 0 radical (unpaired) electrons. The van der Waals surface area contributed by atoms with Crippen LogP contribution in [-0.4, -0.2) is 129 Å². The Morgan fingerprint density at radius 2 is 0.670 bits per heavy atom. The van der Waals surface area contributed by atoms with Crippen molar-refractivity contribution in [1.82, 2.24) is 21.3 Å². The molecule has 0 aromatic carbocycles. The van der Waals surface area contributed by atoms with Gasteiger partial charge in [-0.15, -0.1) is 0 Å². The van der Waals surface area contributed by atoms with Crippen molar-refractivity contribution in [3.8, 4) is 0 Å². The van der Waals surface area contributed by atoms with Gasteiger partial charge < -0.3 is 45.3 Å². The number of amides is 4. The molecular weight excluding hydrogens is 1240 g/mol. The fraction of sp³-hybridized carbons (Fsp3) is 0.915. The SMILES string of the molecule is CCCCCCCCCCCC(=O)CC(=O)N[C@H](COCCCCCCCCCC)COP(=O)(O)OCCNC(=O)NCCOP(=O)(O)OC[C@@H](COCC[C@@H](CCCCCCC)OC(=O)CCCCCCCCCCC)NC(=O)CC(=O)CCCCCCCCCCC. The molecule has 0 saturated carbocycles. The molecule has 0 heterocycles. The number of unbranched alkanes of at least 4 members (excludes halogenated alkanes) is 35. The van der Waals surface area contributed by atoms with E-state index in [0.29, 0.717) is 45.1 Å². The summed E-state index contributed by atoms with van der Waals surface area (Å²) in [5, 5.41) is 10.3. The minimum absolute atomic E-state index is 0.0181. The molecule has 0 aliphatic heterocycles. The standard InChI is InChI=1S/C71H138N4O17P2/c1-6-11-16-21-25-29-32-37-41-46-65(76)57-68(78)74-63(59-86-53-45-40-35-28-24-19-14-9-4)61-90-93(82,83)88-55-51-72-71(81)73-52-56-89-94(84,85)91-62-64(75-69(79)58-66(77)47-42-38-33-30-26-22-17-12-7-2)60-87-54-50-67(48-43-36-20-15-10-5)92-70(80)49-44-39-34-31-27-23-18-13-8-3/h63-64,67H,6-62H2,1-5H3,(H,74,78)(H,75,79)(H,82,83)(H,84,85)(H2,72,73,81)/t63-,64-,67-/m1/s1. The lowest BCUT2D eigenvalue weighted by atomic mass is 10.0. The number of phosphoric acid groups is 2. The number of nitrogens with one attached hydrogen (secondary N) is 4. The number of phosphoric ester groups is 2. The normalized spacial score (nSPS) is 13.8. The maximum Gasteiger partial charge on any atom is 0.472 e. The lowest BCUT2D eigenvalue weighted by molar-refractivity contribution is -0.150. The highest BCUT2D eigenvalue weighted by Crippen LogP contribution is 2.44. The van der Waals surface area contributed by atoms with Gasteiger partial charge in [0.05, 0.1) is 71.2 Å². The van der Waals surface area contributed by atoms with Gasteiger partial charge in [0.25, 0.3) is 0 Å². The van der Waals surface area contributed by atoms with Gasteiger partial charge >= 0.3 is 27.6 Å². The molecule has 0 aliphatic rings. The zero-order valence-corrected chi connectivity index (χ0v) is 61.7. The van der Waals surface area contributed by atoms with Crippen molar-refractivity contribution >= 4 is 51.0 Å².